The molecule has 3 aromatic rings. The number of rotatable bonds is 3. The third-order valence-corrected chi connectivity index (χ3v) is 5.40. The summed E-state index contributed by atoms with van der Waals surface area (Å²) in [5, 5.41) is 0. The van der Waals surface area contributed by atoms with E-state index in [1.54, 1.807) is 7.11 Å². The lowest BCUT2D eigenvalue weighted by Gasteiger charge is -2.09. The molecule has 4 heteroatoms. The maximum atomic E-state index is 5.66. The van der Waals surface area contributed by atoms with E-state index in [0.29, 0.717) is 0 Å². The van der Waals surface area contributed by atoms with E-state index in [1.807, 2.05) is 12.1 Å². The maximum absolute atomic E-state index is 5.66. The Morgan fingerprint density at radius 1 is 1.00 bits per heavy atom. The Labute approximate surface area is 157 Å². The average molecular weight is 398 g/mol. The summed E-state index contributed by atoms with van der Waals surface area (Å²) in [6.07, 6.45) is 7.17. The Morgan fingerprint density at radius 3 is 2.60 bits per heavy atom. The normalized spacial score (nSPS) is 14.0. The molecule has 128 valence electrons. The van der Waals surface area contributed by atoms with Gasteiger partial charge in [0.15, 0.2) is 17.1 Å². The summed E-state index contributed by atoms with van der Waals surface area (Å²) in [5.41, 5.74) is 3.54. The number of hydrogen-bond acceptors (Lipinski definition) is 1. The third-order valence-electron chi connectivity index (χ3n) is 4.87. The van der Waals surface area contributed by atoms with Crippen LogP contribution in [-0.4, -0.2) is 11.7 Å². The van der Waals surface area contributed by atoms with Crippen molar-refractivity contribution < 1.29 is 9.30 Å². The van der Waals surface area contributed by atoms with E-state index in [0.717, 1.165) is 28.9 Å². The van der Waals surface area contributed by atoms with Crippen LogP contribution in [0.4, 0.5) is 0 Å². The molecule has 0 radical (unpaired) electrons. The summed E-state index contributed by atoms with van der Waals surface area (Å²) >= 11 is 3.54. The van der Waals surface area contributed by atoms with E-state index in [4.69, 9.17) is 4.74 Å². The van der Waals surface area contributed by atoms with Gasteiger partial charge in [0.25, 0.3) is 5.82 Å². The number of halogens is 1. The van der Waals surface area contributed by atoms with Crippen molar-refractivity contribution >= 4 is 15.9 Å². The predicted octanol–water partition coefficient (Wildman–Crippen LogP) is 4.93. The summed E-state index contributed by atoms with van der Waals surface area (Å²) in [6, 6.07) is 16.8. The van der Waals surface area contributed by atoms with Crippen LogP contribution in [0.2, 0.25) is 0 Å². The van der Waals surface area contributed by atoms with Gasteiger partial charge >= 0.3 is 0 Å². The van der Waals surface area contributed by atoms with Gasteiger partial charge in [0.2, 0.25) is 0 Å². The molecule has 0 saturated heterocycles. The topological polar surface area (TPSA) is 18.0 Å². The molecule has 1 aromatic heterocycles. The first kappa shape index (κ1) is 16.4. The second kappa shape index (κ2) is 7.04. The highest BCUT2D eigenvalue weighted by atomic mass is 79.9. The number of benzene rings is 2. The van der Waals surface area contributed by atoms with Crippen LogP contribution in [0, 0.1) is 0 Å². The zero-order valence-corrected chi connectivity index (χ0v) is 16.0. The highest BCUT2D eigenvalue weighted by Crippen LogP contribution is 2.31. The minimum atomic E-state index is 0.907. The van der Waals surface area contributed by atoms with Crippen LogP contribution in [-0.2, 0) is 13.0 Å². The lowest BCUT2D eigenvalue weighted by atomic mass is 10.1. The highest BCUT2D eigenvalue weighted by molar-refractivity contribution is 9.10. The molecule has 0 atom stereocenters. The van der Waals surface area contributed by atoms with E-state index >= 15 is 0 Å². The van der Waals surface area contributed by atoms with E-state index in [-0.39, 0.29) is 0 Å². The standard InChI is InChI=1S/C21H22BrN2O/c1-25-20-8-5-4-7-18(20)24-19(16-10-12-17(22)13-11-16)15-23-14-6-2-3-9-21(23)24/h4-5,7-8,10-13,15H,2-3,6,9,14H2,1H3/q+1. The fraction of sp³-hybridized carbons (Fsp3) is 0.286. The van der Waals surface area contributed by atoms with Crippen molar-refractivity contribution in [3.63, 3.8) is 0 Å². The van der Waals surface area contributed by atoms with Gasteiger partial charge in [-0.3, -0.25) is 0 Å². The van der Waals surface area contributed by atoms with Gasteiger partial charge in [-0.25, -0.2) is 4.57 Å². The van der Waals surface area contributed by atoms with E-state index in [9.17, 15) is 0 Å². The van der Waals surface area contributed by atoms with Gasteiger partial charge in [0.1, 0.15) is 6.20 Å². The predicted molar refractivity (Wildman–Crippen MR) is 103 cm³/mol. The fourth-order valence-corrected chi connectivity index (χ4v) is 3.91. The van der Waals surface area contributed by atoms with Gasteiger partial charge in [-0.2, -0.15) is 4.57 Å². The van der Waals surface area contributed by atoms with E-state index in [1.165, 1.54) is 36.3 Å². The molecule has 4 rings (SSSR count). The monoisotopic (exact) mass is 397 g/mol. The molecular formula is C21H22BrN2O+. The Hall–Kier alpha value is -2.07. The second-order valence-electron chi connectivity index (χ2n) is 6.45. The molecular weight excluding hydrogens is 376 g/mol. The highest BCUT2D eigenvalue weighted by Gasteiger charge is 2.28. The lowest BCUT2D eigenvalue weighted by Crippen LogP contribution is -2.35. The summed E-state index contributed by atoms with van der Waals surface area (Å²) in [5.74, 6) is 2.27. The minimum Gasteiger partial charge on any atom is -0.492 e. The second-order valence-corrected chi connectivity index (χ2v) is 7.36. The number of methoxy groups -OCH3 is 1. The van der Waals surface area contributed by atoms with Crippen LogP contribution < -0.4 is 9.30 Å². The Balaban J connectivity index is 1.96. The number of ether oxygens (including phenoxy) is 1. The van der Waals surface area contributed by atoms with Gasteiger partial charge in [-0.1, -0.05) is 28.1 Å². The van der Waals surface area contributed by atoms with Crippen LogP contribution in [0.3, 0.4) is 0 Å². The van der Waals surface area contributed by atoms with E-state index in [2.05, 4.69) is 67.7 Å². The molecule has 3 nitrogen and oxygen atoms in total. The van der Waals surface area contributed by atoms with Crippen LogP contribution in [0.15, 0.2) is 59.2 Å². The number of aryl methyl sites for hydroxylation is 1. The van der Waals surface area contributed by atoms with Crippen LogP contribution in [0.5, 0.6) is 5.75 Å². The number of para-hydroxylation sites is 2. The van der Waals surface area contributed by atoms with Gasteiger partial charge in [-0.15, -0.1) is 0 Å². The fourth-order valence-electron chi connectivity index (χ4n) is 3.65. The van der Waals surface area contributed by atoms with Crippen molar-refractivity contribution in [2.45, 2.75) is 32.2 Å². The summed E-state index contributed by atoms with van der Waals surface area (Å²) < 4.78 is 11.6. The van der Waals surface area contributed by atoms with Crippen molar-refractivity contribution in [2.75, 3.05) is 7.11 Å². The van der Waals surface area contributed by atoms with E-state index < -0.39 is 0 Å². The first-order chi connectivity index (χ1) is 12.3. The smallest absolute Gasteiger partial charge is 0.262 e. The van der Waals surface area contributed by atoms with Crippen molar-refractivity contribution in [1.29, 1.82) is 0 Å². The van der Waals surface area contributed by atoms with Crippen molar-refractivity contribution in [3.05, 3.63) is 65.0 Å². The molecule has 0 spiro atoms. The molecule has 0 saturated carbocycles. The van der Waals surface area contributed by atoms with Gasteiger partial charge < -0.3 is 4.74 Å². The molecule has 1 aliphatic heterocycles. The molecule has 1 aliphatic rings. The zero-order valence-electron chi connectivity index (χ0n) is 14.4. The molecule has 0 N–H and O–H groups in total. The lowest BCUT2D eigenvalue weighted by molar-refractivity contribution is -0.702. The first-order valence-corrected chi connectivity index (χ1v) is 9.60. The summed E-state index contributed by atoms with van der Waals surface area (Å²) in [6.45, 7) is 1.08. The van der Waals surface area contributed by atoms with Crippen molar-refractivity contribution in [3.8, 4) is 22.7 Å². The molecule has 2 heterocycles. The molecule has 25 heavy (non-hydrogen) atoms. The van der Waals surface area contributed by atoms with Crippen molar-refractivity contribution in [1.82, 2.24) is 4.57 Å². The molecule has 0 bridgehead atoms. The quantitative estimate of drug-likeness (QED) is 0.573. The zero-order chi connectivity index (χ0) is 17.2. The number of imidazole rings is 1. The number of fused-ring (bicyclic) bond motifs is 1. The molecule has 2 aromatic carbocycles. The van der Waals surface area contributed by atoms with Crippen molar-refractivity contribution in [2.24, 2.45) is 0 Å². The Bertz CT molecular complexity index is 883. The van der Waals surface area contributed by atoms with Gasteiger partial charge in [-0.05, 0) is 55.7 Å². The summed E-state index contributed by atoms with van der Waals surface area (Å²) in [7, 11) is 1.74. The Morgan fingerprint density at radius 2 is 1.80 bits per heavy atom. The van der Waals surface area contributed by atoms with Crippen LogP contribution in [0.25, 0.3) is 16.9 Å². The molecule has 0 amide bonds. The summed E-state index contributed by atoms with van der Waals surface area (Å²) in [4.78, 5) is 0. The SMILES string of the molecule is COc1ccccc1-n1c(-c2ccc(Br)cc2)c[n+]2c1CCCCC2. The van der Waals surface area contributed by atoms with Crippen LogP contribution in [0.1, 0.15) is 25.1 Å². The van der Waals surface area contributed by atoms with Gasteiger partial charge in [0, 0.05) is 16.5 Å². The molecule has 0 unspecified atom stereocenters. The molecule has 0 aliphatic carbocycles. The Kier molecular flexibility index (Phi) is 4.62. The number of nitrogens with zero attached hydrogens (tertiary/aromatic N) is 2. The molecule has 0 fully saturated rings. The van der Waals surface area contributed by atoms with Crippen LogP contribution >= 0.6 is 15.9 Å². The average Bonchev–Trinajstić information content (AvgIpc) is 2.84. The number of hydrogen-bond donors (Lipinski definition) is 0. The third kappa shape index (κ3) is 3.11. The maximum Gasteiger partial charge on any atom is 0.262 e. The first-order valence-electron chi connectivity index (χ1n) is 8.81. The minimum absolute atomic E-state index is 0.907. The van der Waals surface area contributed by atoms with Gasteiger partial charge in [0.05, 0.1) is 13.7 Å². The number of aromatic nitrogens is 2. The largest absolute Gasteiger partial charge is 0.492 e.